The molecule has 0 aliphatic carbocycles. The fraction of sp³-hybridized carbons (Fsp3) is 0.769. The van der Waals surface area contributed by atoms with Crippen molar-refractivity contribution in [3.05, 3.63) is 0 Å². The monoisotopic (exact) mass is 283 g/mol. The summed E-state index contributed by atoms with van der Waals surface area (Å²) in [5.74, 6) is -0.397. The van der Waals surface area contributed by atoms with Crippen molar-refractivity contribution in [1.82, 2.24) is 15.5 Å². The van der Waals surface area contributed by atoms with Crippen LogP contribution in [0.1, 0.15) is 26.2 Å². The number of carbonyl (C=O) groups excluding carboxylic acids is 3. The van der Waals surface area contributed by atoms with E-state index in [1.54, 1.807) is 11.8 Å². The van der Waals surface area contributed by atoms with Crippen molar-refractivity contribution < 1.29 is 19.1 Å². The number of rotatable bonds is 3. The van der Waals surface area contributed by atoms with E-state index in [1.807, 2.05) is 0 Å². The Kier molecular flexibility index (Phi) is 4.81. The predicted molar refractivity (Wildman–Crippen MR) is 70.9 cm³/mol. The molecule has 0 radical (unpaired) electrons. The van der Waals surface area contributed by atoms with Crippen LogP contribution in [0.2, 0.25) is 0 Å². The number of amides is 3. The molecule has 2 saturated heterocycles. The molecule has 20 heavy (non-hydrogen) atoms. The lowest BCUT2D eigenvalue weighted by molar-refractivity contribution is -0.127. The maximum Gasteiger partial charge on any atom is 0.409 e. The van der Waals surface area contributed by atoms with Gasteiger partial charge in [0.05, 0.1) is 12.5 Å². The van der Waals surface area contributed by atoms with Gasteiger partial charge in [-0.2, -0.15) is 0 Å². The van der Waals surface area contributed by atoms with Crippen LogP contribution in [-0.2, 0) is 14.3 Å². The van der Waals surface area contributed by atoms with Crippen molar-refractivity contribution in [2.45, 2.75) is 32.2 Å². The van der Waals surface area contributed by atoms with Crippen LogP contribution in [0.3, 0.4) is 0 Å². The molecule has 112 valence electrons. The largest absolute Gasteiger partial charge is 0.450 e. The molecule has 0 saturated carbocycles. The number of hydrogen-bond donors (Lipinski definition) is 2. The molecule has 2 heterocycles. The smallest absolute Gasteiger partial charge is 0.409 e. The van der Waals surface area contributed by atoms with Gasteiger partial charge in [0.1, 0.15) is 0 Å². The number of likely N-dealkylation sites (tertiary alicyclic amines) is 1. The number of nitrogens with zero attached hydrogens (tertiary/aromatic N) is 1. The van der Waals surface area contributed by atoms with Crippen LogP contribution in [0.5, 0.6) is 0 Å². The number of nitrogens with one attached hydrogen (secondary N) is 2. The second-order valence-corrected chi connectivity index (χ2v) is 5.17. The van der Waals surface area contributed by atoms with Gasteiger partial charge in [0.15, 0.2) is 0 Å². The first-order chi connectivity index (χ1) is 9.60. The number of ether oxygens (including phenoxy) is 1. The molecular weight excluding hydrogens is 262 g/mol. The van der Waals surface area contributed by atoms with Crippen LogP contribution in [0.15, 0.2) is 0 Å². The summed E-state index contributed by atoms with van der Waals surface area (Å²) in [6.45, 7) is 3.75. The van der Waals surface area contributed by atoms with E-state index < -0.39 is 0 Å². The maximum absolute atomic E-state index is 12.0. The van der Waals surface area contributed by atoms with Crippen molar-refractivity contribution in [1.29, 1.82) is 0 Å². The van der Waals surface area contributed by atoms with Crippen LogP contribution in [0, 0.1) is 5.92 Å². The molecule has 0 aromatic heterocycles. The highest BCUT2D eigenvalue weighted by Crippen LogP contribution is 2.14. The minimum atomic E-state index is -0.289. The zero-order chi connectivity index (χ0) is 14.5. The van der Waals surface area contributed by atoms with E-state index in [2.05, 4.69) is 10.6 Å². The van der Waals surface area contributed by atoms with Crippen LogP contribution in [-0.4, -0.2) is 55.1 Å². The van der Waals surface area contributed by atoms with Gasteiger partial charge in [-0.1, -0.05) is 0 Å². The SMILES string of the molecule is CCOC(=O)N1CCC(NC(=O)C2CNC(=O)C2)CC1. The molecule has 7 heteroatoms. The minimum Gasteiger partial charge on any atom is -0.450 e. The van der Waals surface area contributed by atoms with Crippen LogP contribution < -0.4 is 10.6 Å². The molecule has 0 spiro atoms. The normalized spacial score (nSPS) is 23.4. The van der Waals surface area contributed by atoms with E-state index in [9.17, 15) is 14.4 Å². The van der Waals surface area contributed by atoms with Gasteiger partial charge in [0.2, 0.25) is 11.8 Å². The fourth-order valence-electron chi connectivity index (χ4n) is 2.53. The quantitative estimate of drug-likeness (QED) is 0.754. The third kappa shape index (κ3) is 3.61. The third-order valence-corrected chi connectivity index (χ3v) is 3.72. The van der Waals surface area contributed by atoms with Crippen LogP contribution >= 0.6 is 0 Å². The van der Waals surface area contributed by atoms with E-state index in [0.717, 1.165) is 12.8 Å². The molecule has 1 atom stereocenters. The molecule has 2 aliphatic rings. The Hall–Kier alpha value is -1.79. The zero-order valence-corrected chi connectivity index (χ0v) is 11.7. The van der Waals surface area contributed by atoms with Gasteiger partial charge in [-0.15, -0.1) is 0 Å². The third-order valence-electron chi connectivity index (χ3n) is 3.72. The average Bonchev–Trinajstić information content (AvgIpc) is 2.86. The summed E-state index contributed by atoms with van der Waals surface area (Å²) in [7, 11) is 0. The number of carbonyl (C=O) groups is 3. The van der Waals surface area contributed by atoms with Crippen LogP contribution in [0.4, 0.5) is 4.79 Å². The zero-order valence-electron chi connectivity index (χ0n) is 11.7. The summed E-state index contributed by atoms with van der Waals surface area (Å²) >= 11 is 0. The highest BCUT2D eigenvalue weighted by molar-refractivity contribution is 5.89. The van der Waals surface area contributed by atoms with E-state index in [4.69, 9.17) is 4.74 Å². The first-order valence-electron chi connectivity index (χ1n) is 7.09. The lowest BCUT2D eigenvalue weighted by atomic mass is 10.0. The maximum atomic E-state index is 12.0. The second-order valence-electron chi connectivity index (χ2n) is 5.17. The average molecular weight is 283 g/mol. The van der Waals surface area contributed by atoms with Crippen molar-refractivity contribution in [3.63, 3.8) is 0 Å². The Bertz CT molecular complexity index is 391. The molecule has 3 amide bonds. The summed E-state index contributed by atoms with van der Waals surface area (Å²) < 4.78 is 4.94. The fourth-order valence-corrected chi connectivity index (χ4v) is 2.53. The summed E-state index contributed by atoms with van der Waals surface area (Å²) in [6.07, 6.45) is 1.42. The lowest BCUT2D eigenvalue weighted by Gasteiger charge is -2.32. The minimum absolute atomic E-state index is 0.0673. The van der Waals surface area contributed by atoms with Gasteiger partial charge in [-0.25, -0.2) is 4.79 Å². The molecule has 0 bridgehead atoms. The van der Waals surface area contributed by atoms with Crippen molar-refractivity contribution >= 4 is 17.9 Å². The summed E-state index contributed by atoms with van der Waals surface area (Å²) in [5, 5.41) is 5.62. The molecular formula is C13H21N3O4. The Morgan fingerprint density at radius 3 is 2.65 bits per heavy atom. The Balaban J connectivity index is 1.73. The Morgan fingerprint density at radius 2 is 2.10 bits per heavy atom. The molecule has 7 nitrogen and oxygen atoms in total. The molecule has 1 unspecified atom stereocenters. The highest BCUT2D eigenvalue weighted by atomic mass is 16.6. The van der Waals surface area contributed by atoms with Gasteiger partial charge in [-0.05, 0) is 19.8 Å². The van der Waals surface area contributed by atoms with E-state index in [0.29, 0.717) is 26.2 Å². The molecule has 2 fully saturated rings. The lowest BCUT2D eigenvalue weighted by Crippen LogP contribution is -2.48. The molecule has 2 rings (SSSR count). The standard InChI is InChI=1S/C13H21N3O4/c1-2-20-13(19)16-5-3-10(4-6-16)15-12(18)9-7-11(17)14-8-9/h9-10H,2-8H2,1H3,(H,14,17)(H,15,18). The van der Waals surface area contributed by atoms with E-state index >= 15 is 0 Å². The van der Waals surface area contributed by atoms with Crippen molar-refractivity contribution in [3.8, 4) is 0 Å². The second kappa shape index (κ2) is 6.58. The van der Waals surface area contributed by atoms with Crippen LogP contribution in [0.25, 0.3) is 0 Å². The summed E-state index contributed by atoms with van der Waals surface area (Å²) in [4.78, 5) is 36.3. The highest BCUT2D eigenvalue weighted by Gasteiger charge is 2.30. The molecule has 2 N–H and O–H groups in total. The predicted octanol–water partition coefficient (Wildman–Crippen LogP) is -0.140. The number of hydrogen-bond acceptors (Lipinski definition) is 4. The Labute approximate surface area is 118 Å². The van der Waals surface area contributed by atoms with Gasteiger partial charge in [-0.3, -0.25) is 9.59 Å². The van der Waals surface area contributed by atoms with Gasteiger partial charge < -0.3 is 20.3 Å². The molecule has 0 aromatic carbocycles. The first-order valence-corrected chi connectivity index (χ1v) is 7.09. The van der Waals surface area contributed by atoms with E-state index in [1.165, 1.54) is 0 Å². The first kappa shape index (κ1) is 14.6. The van der Waals surface area contributed by atoms with Gasteiger partial charge >= 0.3 is 6.09 Å². The van der Waals surface area contributed by atoms with Crippen molar-refractivity contribution in [2.24, 2.45) is 5.92 Å². The van der Waals surface area contributed by atoms with Gasteiger partial charge in [0, 0.05) is 32.1 Å². The molecule has 2 aliphatic heterocycles. The Morgan fingerprint density at radius 1 is 1.40 bits per heavy atom. The van der Waals surface area contributed by atoms with Crippen molar-refractivity contribution in [2.75, 3.05) is 26.2 Å². The van der Waals surface area contributed by atoms with Gasteiger partial charge in [0.25, 0.3) is 0 Å². The molecule has 0 aromatic rings. The summed E-state index contributed by atoms with van der Waals surface area (Å²) in [5.41, 5.74) is 0. The van der Waals surface area contributed by atoms with E-state index in [-0.39, 0.29) is 36.3 Å². The topological polar surface area (TPSA) is 87.7 Å². The number of piperidine rings is 1. The summed E-state index contributed by atoms with van der Waals surface area (Å²) in [6, 6.07) is 0.0730.